The van der Waals surface area contributed by atoms with Crippen LogP contribution in [0.4, 0.5) is 0 Å². The molecule has 0 saturated heterocycles. The second-order valence-corrected chi connectivity index (χ2v) is 6.81. The van der Waals surface area contributed by atoms with Gasteiger partial charge in [-0.25, -0.2) is 4.79 Å². The number of carboxylic acid groups (broad SMARTS) is 1. The average molecular weight is 272 g/mol. The molecule has 0 atom stereocenters. The molecule has 3 nitrogen and oxygen atoms in total. The molecular formula is C17H20O3. The molecule has 4 aliphatic carbocycles. The van der Waals surface area contributed by atoms with Crippen molar-refractivity contribution < 1.29 is 14.6 Å². The third-order valence-corrected chi connectivity index (χ3v) is 5.52. The van der Waals surface area contributed by atoms with Crippen molar-refractivity contribution in [2.45, 2.75) is 38.2 Å². The molecule has 0 heterocycles. The van der Waals surface area contributed by atoms with Crippen LogP contribution in [0.5, 0.6) is 5.75 Å². The molecule has 1 aromatic rings. The van der Waals surface area contributed by atoms with E-state index in [1.54, 1.807) is 18.2 Å². The Hall–Kier alpha value is -1.51. The van der Waals surface area contributed by atoms with Gasteiger partial charge in [-0.1, -0.05) is 12.1 Å². The minimum Gasteiger partial charge on any atom is -0.489 e. The first-order chi connectivity index (χ1) is 9.70. The Morgan fingerprint density at radius 2 is 1.60 bits per heavy atom. The molecule has 4 aliphatic rings. The average Bonchev–Trinajstić information content (AvgIpc) is 2.42. The summed E-state index contributed by atoms with van der Waals surface area (Å²) < 4.78 is 6.20. The largest absolute Gasteiger partial charge is 0.489 e. The molecule has 0 unspecified atom stereocenters. The lowest BCUT2D eigenvalue weighted by Gasteiger charge is -2.53. The normalized spacial score (nSPS) is 37.9. The number of hydrogen-bond acceptors (Lipinski definition) is 2. The third kappa shape index (κ3) is 1.91. The molecular weight excluding hydrogens is 252 g/mol. The van der Waals surface area contributed by atoms with Gasteiger partial charge >= 0.3 is 5.97 Å². The first-order valence-electron chi connectivity index (χ1n) is 7.69. The van der Waals surface area contributed by atoms with Crippen LogP contribution in [0.2, 0.25) is 0 Å². The summed E-state index contributed by atoms with van der Waals surface area (Å²) in [6.45, 7) is 0. The minimum atomic E-state index is -0.899. The van der Waals surface area contributed by atoms with Crippen molar-refractivity contribution in [1.82, 2.24) is 0 Å². The van der Waals surface area contributed by atoms with Crippen LogP contribution in [0.1, 0.15) is 42.5 Å². The van der Waals surface area contributed by atoms with Crippen molar-refractivity contribution in [2.24, 2.45) is 23.7 Å². The van der Waals surface area contributed by atoms with E-state index in [-0.39, 0.29) is 6.10 Å². The summed E-state index contributed by atoms with van der Waals surface area (Å²) in [6, 6.07) is 7.05. The van der Waals surface area contributed by atoms with E-state index < -0.39 is 5.97 Å². The second-order valence-electron chi connectivity index (χ2n) is 6.81. The molecule has 0 radical (unpaired) electrons. The first-order valence-corrected chi connectivity index (χ1v) is 7.69. The van der Waals surface area contributed by atoms with Gasteiger partial charge in [-0.15, -0.1) is 0 Å². The summed E-state index contributed by atoms with van der Waals surface area (Å²) in [6.07, 6.45) is 6.80. The number of ether oxygens (including phenoxy) is 1. The molecule has 20 heavy (non-hydrogen) atoms. The highest BCUT2D eigenvalue weighted by Crippen LogP contribution is 2.54. The van der Waals surface area contributed by atoms with Crippen LogP contribution >= 0.6 is 0 Å². The van der Waals surface area contributed by atoms with E-state index >= 15 is 0 Å². The topological polar surface area (TPSA) is 46.5 Å². The number of aromatic carboxylic acids is 1. The molecule has 0 aliphatic heterocycles. The molecule has 1 aromatic carbocycles. The van der Waals surface area contributed by atoms with E-state index in [2.05, 4.69) is 0 Å². The van der Waals surface area contributed by atoms with Gasteiger partial charge in [0, 0.05) is 0 Å². The summed E-state index contributed by atoms with van der Waals surface area (Å²) in [5, 5.41) is 9.27. The monoisotopic (exact) mass is 272 g/mol. The van der Waals surface area contributed by atoms with Gasteiger partial charge in [-0.05, 0) is 67.9 Å². The van der Waals surface area contributed by atoms with Crippen molar-refractivity contribution >= 4 is 5.97 Å². The molecule has 4 saturated carbocycles. The summed E-state index contributed by atoms with van der Waals surface area (Å²) in [5.41, 5.74) is 0.293. The fourth-order valence-electron chi connectivity index (χ4n) is 4.96. The third-order valence-electron chi connectivity index (χ3n) is 5.52. The lowest BCUT2D eigenvalue weighted by molar-refractivity contribution is -0.0792. The maximum absolute atomic E-state index is 11.3. The lowest BCUT2D eigenvalue weighted by Crippen LogP contribution is -2.50. The highest BCUT2D eigenvalue weighted by atomic mass is 16.5. The van der Waals surface area contributed by atoms with Gasteiger partial charge in [-0.3, -0.25) is 0 Å². The van der Waals surface area contributed by atoms with Crippen LogP contribution in [0, 0.1) is 23.7 Å². The van der Waals surface area contributed by atoms with E-state index in [0.717, 1.165) is 11.8 Å². The predicted octanol–water partition coefficient (Wildman–Crippen LogP) is 3.59. The van der Waals surface area contributed by atoms with E-state index in [1.165, 1.54) is 32.1 Å². The van der Waals surface area contributed by atoms with Gasteiger partial charge in [0.1, 0.15) is 17.4 Å². The van der Waals surface area contributed by atoms with Crippen molar-refractivity contribution in [3.8, 4) is 5.75 Å². The van der Waals surface area contributed by atoms with Crippen LogP contribution in [0.3, 0.4) is 0 Å². The summed E-state index contributed by atoms with van der Waals surface area (Å²) in [5.74, 6) is 2.77. The van der Waals surface area contributed by atoms with Crippen molar-refractivity contribution in [3.05, 3.63) is 29.8 Å². The second kappa shape index (κ2) is 4.51. The molecule has 4 bridgehead atoms. The minimum absolute atomic E-state index is 0.239. The smallest absolute Gasteiger partial charge is 0.339 e. The van der Waals surface area contributed by atoms with Gasteiger partial charge in [0.25, 0.3) is 0 Å². The number of hydrogen-bond donors (Lipinski definition) is 1. The van der Waals surface area contributed by atoms with Crippen molar-refractivity contribution in [2.75, 3.05) is 0 Å². The Labute approximate surface area is 118 Å². The molecule has 0 spiro atoms. The lowest BCUT2D eigenvalue weighted by atomic mass is 9.55. The summed E-state index contributed by atoms with van der Waals surface area (Å²) >= 11 is 0. The molecule has 4 fully saturated rings. The van der Waals surface area contributed by atoms with Crippen LogP contribution < -0.4 is 4.74 Å². The van der Waals surface area contributed by atoms with Crippen LogP contribution in [0.25, 0.3) is 0 Å². The number of rotatable bonds is 3. The molecule has 0 aromatic heterocycles. The predicted molar refractivity (Wildman–Crippen MR) is 74.9 cm³/mol. The Morgan fingerprint density at radius 1 is 1.00 bits per heavy atom. The number of carboxylic acids is 1. The summed E-state index contributed by atoms with van der Waals surface area (Å²) in [7, 11) is 0. The molecule has 0 amide bonds. The standard InChI is InChI=1S/C17H20O3/c18-17(19)14-3-1-2-4-15(14)20-16-12-6-10-5-11(8-12)9-13(16)7-10/h1-4,10-13,16H,5-9H2,(H,18,19). The summed E-state index contributed by atoms with van der Waals surface area (Å²) in [4.78, 5) is 11.3. The van der Waals surface area contributed by atoms with Gasteiger partial charge in [0.05, 0.1) is 0 Å². The van der Waals surface area contributed by atoms with E-state index in [1.807, 2.05) is 6.07 Å². The quantitative estimate of drug-likeness (QED) is 0.914. The van der Waals surface area contributed by atoms with Gasteiger partial charge < -0.3 is 9.84 Å². The Balaban J connectivity index is 1.59. The number of carbonyl (C=O) groups is 1. The molecule has 5 rings (SSSR count). The first kappa shape index (κ1) is 12.2. The van der Waals surface area contributed by atoms with Gasteiger partial charge in [0.15, 0.2) is 0 Å². The molecule has 3 heteroatoms. The molecule has 1 N–H and O–H groups in total. The zero-order valence-corrected chi connectivity index (χ0v) is 11.5. The molecule has 106 valence electrons. The maximum Gasteiger partial charge on any atom is 0.339 e. The number of para-hydroxylation sites is 1. The van der Waals surface area contributed by atoms with Crippen LogP contribution in [-0.4, -0.2) is 17.2 Å². The van der Waals surface area contributed by atoms with Crippen LogP contribution in [0.15, 0.2) is 24.3 Å². The Kier molecular flexibility index (Phi) is 2.76. The Bertz CT molecular complexity index is 509. The fourth-order valence-corrected chi connectivity index (χ4v) is 4.96. The number of benzene rings is 1. The fraction of sp³-hybridized carbons (Fsp3) is 0.588. The maximum atomic E-state index is 11.3. The van der Waals surface area contributed by atoms with Crippen LogP contribution in [-0.2, 0) is 0 Å². The van der Waals surface area contributed by atoms with E-state index in [9.17, 15) is 9.90 Å². The zero-order chi connectivity index (χ0) is 13.7. The van der Waals surface area contributed by atoms with Gasteiger partial charge in [0.2, 0.25) is 0 Å². The van der Waals surface area contributed by atoms with E-state index in [0.29, 0.717) is 23.1 Å². The van der Waals surface area contributed by atoms with Gasteiger partial charge in [-0.2, -0.15) is 0 Å². The van der Waals surface area contributed by atoms with Crippen molar-refractivity contribution in [1.29, 1.82) is 0 Å². The highest BCUT2D eigenvalue weighted by molar-refractivity contribution is 5.90. The zero-order valence-electron chi connectivity index (χ0n) is 11.5. The highest BCUT2D eigenvalue weighted by Gasteiger charge is 2.49. The Morgan fingerprint density at radius 3 is 2.20 bits per heavy atom. The van der Waals surface area contributed by atoms with Crippen molar-refractivity contribution in [3.63, 3.8) is 0 Å². The SMILES string of the molecule is O=C(O)c1ccccc1OC1C2CC3CC(C2)CC1C3. The van der Waals surface area contributed by atoms with E-state index in [4.69, 9.17) is 4.74 Å².